The van der Waals surface area contributed by atoms with Gasteiger partial charge in [0.1, 0.15) is 5.82 Å². The number of rotatable bonds is 4. The highest BCUT2D eigenvalue weighted by atomic mass is 32.1. The molecule has 4 heteroatoms. The van der Waals surface area contributed by atoms with E-state index < -0.39 is 5.54 Å². The first-order chi connectivity index (χ1) is 8.94. The number of aromatic nitrogens is 1. The first kappa shape index (κ1) is 14.2. The van der Waals surface area contributed by atoms with E-state index in [1.54, 1.807) is 17.4 Å². The van der Waals surface area contributed by atoms with Gasteiger partial charge in [-0.3, -0.25) is 0 Å². The van der Waals surface area contributed by atoms with Crippen LogP contribution in [0.1, 0.15) is 34.5 Å². The standard InChI is InChI=1S/C15H19FN2S/c1-4-15(17,12-6-5-7-13(16)8-12)9-14-18-10(2)11(3)19-14/h5-8H,4,9,17H2,1-3H3. The van der Waals surface area contributed by atoms with Gasteiger partial charge >= 0.3 is 0 Å². The highest BCUT2D eigenvalue weighted by molar-refractivity contribution is 7.11. The molecule has 1 aromatic heterocycles. The molecule has 1 heterocycles. The van der Waals surface area contributed by atoms with Crippen LogP contribution < -0.4 is 5.73 Å². The second-order valence-electron chi connectivity index (χ2n) is 4.95. The fourth-order valence-corrected chi connectivity index (χ4v) is 3.17. The summed E-state index contributed by atoms with van der Waals surface area (Å²) in [6, 6.07) is 6.56. The Hall–Kier alpha value is -1.26. The van der Waals surface area contributed by atoms with Gasteiger partial charge in [-0.05, 0) is 38.0 Å². The number of thiazole rings is 1. The van der Waals surface area contributed by atoms with Crippen LogP contribution >= 0.6 is 11.3 Å². The van der Waals surface area contributed by atoms with Gasteiger partial charge < -0.3 is 5.73 Å². The van der Waals surface area contributed by atoms with Crippen LogP contribution in [0.15, 0.2) is 24.3 Å². The topological polar surface area (TPSA) is 38.9 Å². The van der Waals surface area contributed by atoms with Gasteiger partial charge in [-0.2, -0.15) is 0 Å². The molecule has 0 aliphatic carbocycles. The molecule has 0 saturated heterocycles. The van der Waals surface area contributed by atoms with Crippen LogP contribution in [-0.4, -0.2) is 4.98 Å². The van der Waals surface area contributed by atoms with E-state index in [1.165, 1.54) is 17.0 Å². The fraction of sp³-hybridized carbons (Fsp3) is 0.400. The summed E-state index contributed by atoms with van der Waals surface area (Å²) in [6.07, 6.45) is 1.39. The van der Waals surface area contributed by atoms with Crippen LogP contribution in [0.3, 0.4) is 0 Å². The van der Waals surface area contributed by atoms with E-state index >= 15 is 0 Å². The Bertz CT molecular complexity index is 560. The van der Waals surface area contributed by atoms with E-state index in [-0.39, 0.29) is 5.82 Å². The highest BCUT2D eigenvalue weighted by Crippen LogP contribution is 2.29. The van der Waals surface area contributed by atoms with Crippen LogP contribution in [0.25, 0.3) is 0 Å². The molecule has 0 fully saturated rings. The van der Waals surface area contributed by atoms with Crippen LogP contribution in [-0.2, 0) is 12.0 Å². The Morgan fingerprint density at radius 1 is 1.37 bits per heavy atom. The van der Waals surface area contributed by atoms with Crippen molar-refractivity contribution in [3.05, 3.63) is 51.2 Å². The summed E-state index contributed by atoms with van der Waals surface area (Å²) >= 11 is 1.67. The summed E-state index contributed by atoms with van der Waals surface area (Å²) < 4.78 is 13.4. The summed E-state index contributed by atoms with van der Waals surface area (Å²) in [4.78, 5) is 5.75. The van der Waals surface area contributed by atoms with Crippen molar-refractivity contribution >= 4 is 11.3 Å². The van der Waals surface area contributed by atoms with Crippen LogP contribution in [0.5, 0.6) is 0 Å². The number of hydrogen-bond donors (Lipinski definition) is 1. The third-order valence-electron chi connectivity index (χ3n) is 3.57. The third kappa shape index (κ3) is 3.01. The molecule has 1 aromatic carbocycles. The van der Waals surface area contributed by atoms with Gasteiger partial charge in [0.15, 0.2) is 0 Å². The van der Waals surface area contributed by atoms with Crippen LogP contribution in [0, 0.1) is 19.7 Å². The van der Waals surface area contributed by atoms with Crippen molar-refractivity contribution in [2.24, 2.45) is 5.73 Å². The van der Waals surface area contributed by atoms with Crippen molar-refractivity contribution in [2.45, 2.75) is 39.2 Å². The molecule has 0 radical (unpaired) electrons. The molecule has 0 aliphatic heterocycles. The van der Waals surface area contributed by atoms with Gasteiger partial charge in [0, 0.05) is 16.8 Å². The Morgan fingerprint density at radius 3 is 2.63 bits per heavy atom. The minimum atomic E-state index is -0.557. The summed E-state index contributed by atoms with van der Waals surface area (Å²) in [6.45, 7) is 6.09. The van der Waals surface area contributed by atoms with Crippen LogP contribution in [0.4, 0.5) is 4.39 Å². The van der Waals surface area contributed by atoms with E-state index in [1.807, 2.05) is 19.9 Å². The number of aryl methyl sites for hydroxylation is 2. The summed E-state index contributed by atoms with van der Waals surface area (Å²) in [5.74, 6) is -0.243. The Labute approximate surface area is 117 Å². The van der Waals surface area contributed by atoms with Gasteiger partial charge in [0.05, 0.1) is 10.7 Å². The van der Waals surface area contributed by atoms with Crippen molar-refractivity contribution in [1.29, 1.82) is 0 Å². The lowest BCUT2D eigenvalue weighted by molar-refractivity contribution is 0.421. The molecule has 1 unspecified atom stereocenters. The van der Waals surface area contributed by atoms with Gasteiger partial charge in [-0.25, -0.2) is 9.37 Å². The monoisotopic (exact) mass is 278 g/mol. The van der Waals surface area contributed by atoms with Gasteiger partial charge in [0.2, 0.25) is 0 Å². The van der Waals surface area contributed by atoms with Gasteiger partial charge in [0.25, 0.3) is 0 Å². The summed E-state index contributed by atoms with van der Waals surface area (Å²) in [5, 5.41) is 1.02. The molecular weight excluding hydrogens is 259 g/mol. The molecule has 19 heavy (non-hydrogen) atoms. The van der Waals surface area contributed by atoms with E-state index in [9.17, 15) is 4.39 Å². The molecule has 102 valence electrons. The molecule has 2 aromatic rings. The molecule has 1 atom stereocenters. The molecule has 2 nitrogen and oxygen atoms in total. The maximum Gasteiger partial charge on any atom is 0.123 e. The van der Waals surface area contributed by atoms with Crippen molar-refractivity contribution in [3.8, 4) is 0 Å². The third-order valence-corrected chi connectivity index (χ3v) is 4.64. The van der Waals surface area contributed by atoms with E-state index in [4.69, 9.17) is 5.73 Å². The SMILES string of the molecule is CCC(N)(Cc1nc(C)c(C)s1)c1cccc(F)c1. The predicted octanol–water partition coefficient (Wildman–Crippen LogP) is 3.71. The van der Waals surface area contributed by atoms with Crippen molar-refractivity contribution in [1.82, 2.24) is 4.98 Å². The first-order valence-electron chi connectivity index (χ1n) is 6.42. The highest BCUT2D eigenvalue weighted by Gasteiger charge is 2.27. The average molecular weight is 278 g/mol. The Balaban J connectivity index is 2.32. The second-order valence-corrected chi connectivity index (χ2v) is 6.23. The molecule has 0 saturated carbocycles. The first-order valence-corrected chi connectivity index (χ1v) is 7.24. The van der Waals surface area contributed by atoms with E-state index in [2.05, 4.69) is 11.9 Å². The second kappa shape index (κ2) is 5.39. The van der Waals surface area contributed by atoms with Crippen molar-refractivity contribution in [2.75, 3.05) is 0 Å². The lowest BCUT2D eigenvalue weighted by atomic mass is 9.85. The molecule has 0 aliphatic rings. The average Bonchev–Trinajstić information content (AvgIpc) is 2.68. The predicted molar refractivity (Wildman–Crippen MR) is 77.8 cm³/mol. The zero-order valence-corrected chi connectivity index (χ0v) is 12.4. The number of benzene rings is 1. The van der Waals surface area contributed by atoms with Gasteiger partial charge in [-0.15, -0.1) is 11.3 Å². The van der Waals surface area contributed by atoms with Crippen molar-refractivity contribution in [3.63, 3.8) is 0 Å². The number of hydrogen-bond acceptors (Lipinski definition) is 3. The molecule has 0 spiro atoms. The largest absolute Gasteiger partial charge is 0.321 e. The van der Waals surface area contributed by atoms with Crippen LogP contribution in [0.2, 0.25) is 0 Å². The minimum absolute atomic E-state index is 0.243. The molecular formula is C15H19FN2S. The molecule has 2 N–H and O–H groups in total. The number of halogens is 1. The number of nitrogens with zero attached hydrogens (tertiary/aromatic N) is 1. The maximum absolute atomic E-state index is 13.4. The lowest BCUT2D eigenvalue weighted by Gasteiger charge is -2.28. The Kier molecular flexibility index (Phi) is 4.02. The fourth-order valence-electron chi connectivity index (χ4n) is 2.11. The maximum atomic E-state index is 13.4. The smallest absolute Gasteiger partial charge is 0.123 e. The van der Waals surface area contributed by atoms with Crippen molar-refractivity contribution < 1.29 is 4.39 Å². The molecule has 2 rings (SSSR count). The van der Waals surface area contributed by atoms with E-state index in [0.29, 0.717) is 6.42 Å². The Morgan fingerprint density at radius 2 is 2.11 bits per heavy atom. The quantitative estimate of drug-likeness (QED) is 0.926. The molecule has 0 bridgehead atoms. The van der Waals surface area contributed by atoms with Gasteiger partial charge in [-0.1, -0.05) is 19.1 Å². The lowest BCUT2D eigenvalue weighted by Crippen LogP contribution is -2.38. The minimum Gasteiger partial charge on any atom is -0.321 e. The normalized spacial score (nSPS) is 14.4. The van der Waals surface area contributed by atoms with E-state index in [0.717, 1.165) is 22.7 Å². The summed E-state index contributed by atoms with van der Waals surface area (Å²) in [5.41, 5.74) is 7.81. The molecule has 0 amide bonds. The number of nitrogens with two attached hydrogens (primary N) is 1. The summed E-state index contributed by atoms with van der Waals surface area (Å²) in [7, 11) is 0. The zero-order valence-electron chi connectivity index (χ0n) is 11.5. The zero-order chi connectivity index (χ0) is 14.0.